The summed E-state index contributed by atoms with van der Waals surface area (Å²) < 4.78 is 0. The van der Waals surface area contributed by atoms with Crippen LogP contribution in [0.3, 0.4) is 0 Å². The van der Waals surface area contributed by atoms with Crippen molar-refractivity contribution in [3.05, 3.63) is 0 Å². The summed E-state index contributed by atoms with van der Waals surface area (Å²) in [6.07, 6.45) is -0.121. The van der Waals surface area contributed by atoms with Gasteiger partial charge in [-0.3, -0.25) is 29.0 Å². The fraction of sp³-hybridized carbons (Fsp3) is 0.667. The van der Waals surface area contributed by atoms with E-state index in [9.17, 15) is 33.9 Å². The molecular formula is C21H39N9O7. The Balaban J connectivity index is 5.69. The Labute approximate surface area is 214 Å². The number of nitrogens with two attached hydrogens (primary N) is 5. The van der Waals surface area contributed by atoms with Crippen LogP contribution in [0, 0.1) is 5.92 Å². The number of hydrogen-bond donors (Lipinski definition) is 9. The van der Waals surface area contributed by atoms with Gasteiger partial charge in [0.1, 0.15) is 18.1 Å². The van der Waals surface area contributed by atoms with Crippen LogP contribution in [-0.2, 0) is 28.8 Å². The Morgan fingerprint density at radius 2 is 1.43 bits per heavy atom. The van der Waals surface area contributed by atoms with Crippen LogP contribution < -0.4 is 44.6 Å². The molecule has 5 amide bonds. The molecular weight excluding hydrogens is 490 g/mol. The molecule has 0 aliphatic carbocycles. The van der Waals surface area contributed by atoms with Crippen LogP contribution in [0.2, 0.25) is 0 Å². The average molecular weight is 530 g/mol. The minimum Gasteiger partial charge on any atom is -0.480 e. The van der Waals surface area contributed by atoms with Gasteiger partial charge in [0.15, 0.2) is 5.96 Å². The first kappa shape index (κ1) is 33.0. The van der Waals surface area contributed by atoms with Crippen LogP contribution in [0.4, 0.5) is 0 Å². The van der Waals surface area contributed by atoms with Gasteiger partial charge in [-0.25, -0.2) is 4.79 Å². The summed E-state index contributed by atoms with van der Waals surface area (Å²) in [5, 5.41) is 16.5. The second-order valence-electron chi connectivity index (χ2n) is 8.56. The maximum Gasteiger partial charge on any atom is 0.326 e. The fourth-order valence-corrected chi connectivity index (χ4v) is 3.10. The Morgan fingerprint density at radius 3 is 1.92 bits per heavy atom. The maximum atomic E-state index is 13.1. The van der Waals surface area contributed by atoms with E-state index in [0.29, 0.717) is 6.42 Å². The maximum absolute atomic E-state index is 13.1. The number of rotatable bonds is 18. The van der Waals surface area contributed by atoms with E-state index in [1.807, 2.05) is 0 Å². The van der Waals surface area contributed by atoms with Crippen molar-refractivity contribution in [2.75, 3.05) is 6.54 Å². The molecule has 0 aliphatic rings. The zero-order valence-electron chi connectivity index (χ0n) is 21.1. The van der Waals surface area contributed by atoms with Crippen molar-refractivity contribution < 1.29 is 33.9 Å². The molecule has 37 heavy (non-hydrogen) atoms. The Kier molecular flexibility index (Phi) is 14.9. The molecule has 0 saturated carbocycles. The highest BCUT2D eigenvalue weighted by molar-refractivity contribution is 5.95. The number of primary amides is 2. The van der Waals surface area contributed by atoms with Crippen LogP contribution in [0.5, 0.6) is 0 Å². The summed E-state index contributed by atoms with van der Waals surface area (Å²) in [4.78, 5) is 75.9. The van der Waals surface area contributed by atoms with Gasteiger partial charge in [-0.05, 0) is 25.2 Å². The molecule has 0 heterocycles. The van der Waals surface area contributed by atoms with Crippen molar-refractivity contribution in [1.82, 2.24) is 16.0 Å². The average Bonchev–Trinajstić information content (AvgIpc) is 2.80. The highest BCUT2D eigenvalue weighted by Gasteiger charge is 2.32. The SMILES string of the molecule is CCC(C)C(NC(=O)C(N)CCC(N)=O)C(=O)NC(CCCN=C(N)N)C(=O)NC(CC(N)=O)C(=O)O. The molecule has 0 radical (unpaired) electrons. The predicted molar refractivity (Wildman–Crippen MR) is 133 cm³/mol. The molecule has 14 N–H and O–H groups in total. The highest BCUT2D eigenvalue weighted by atomic mass is 16.4. The zero-order valence-corrected chi connectivity index (χ0v) is 21.1. The van der Waals surface area contributed by atoms with Gasteiger partial charge in [-0.15, -0.1) is 0 Å². The first-order valence-corrected chi connectivity index (χ1v) is 11.7. The van der Waals surface area contributed by atoms with Gasteiger partial charge < -0.3 is 49.7 Å². The molecule has 210 valence electrons. The fourth-order valence-electron chi connectivity index (χ4n) is 3.10. The van der Waals surface area contributed by atoms with Crippen LogP contribution in [-0.4, -0.2) is 77.3 Å². The van der Waals surface area contributed by atoms with E-state index in [1.165, 1.54) is 0 Å². The molecule has 0 saturated heterocycles. The number of nitrogens with zero attached hydrogens (tertiary/aromatic N) is 1. The highest BCUT2D eigenvalue weighted by Crippen LogP contribution is 2.11. The topological polar surface area (TPSA) is 301 Å². The largest absolute Gasteiger partial charge is 0.480 e. The van der Waals surface area contributed by atoms with Gasteiger partial charge in [0.25, 0.3) is 0 Å². The molecule has 0 aromatic rings. The van der Waals surface area contributed by atoms with Crippen LogP contribution in [0.1, 0.15) is 52.4 Å². The minimum atomic E-state index is -1.62. The van der Waals surface area contributed by atoms with E-state index in [1.54, 1.807) is 13.8 Å². The monoisotopic (exact) mass is 529 g/mol. The normalized spacial score (nSPS) is 14.7. The summed E-state index contributed by atoms with van der Waals surface area (Å²) in [6, 6.07) is -5.08. The van der Waals surface area contributed by atoms with Crippen LogP contribution >= 0.6 is 0 Å². The van der Waals surface area contributed by atoms with Crippen LogP contribution in [0.25, 0.3) is 0 Å². The van der Waals surface area contributed by atoms with E-state index < -0.39 is 66.1 Å². The van der Waals surface area contributed by atoms with E-state index in [0.717, 1.165) is 0 Å². The first-order valence-electron chi connectivity index (χ1n) is 11.7. The third-order valence-electron chi connectivity index (χ3n) is 5.43. The van der Waals surface area contributed by atoms with E-state index in [4.69, 9.17) is 28.7 Å². The molecule has 5 unspecified atom stereocenters. The number of carbonyl (C=O) groups excluding carboxylic acids is 5. The number of carbonyl (C=O) groups is 6. The molecule has 0 aromatic carbocycles. The Morgan fingerprint density at radius 1 is 0.838 bits per heavy atom. The number of hydrogen-bond acceptors (Lipinski definition) is 8. The summed E-state index contributed by atoms with van der Waals surface area (Å²) in [6.45, 7) is 3.59. The molecule has 0 aliphatic heterocycles. The lowest BCUT2D eigenvalue weighted by Crippen LogP contribution is -2.58. The second-order valence-corrected chi connectivity index (χ2v) is 8.56. The number of aliphatic imine (C=N–C) groups is 1. The van der Waals surface area contributed by atoms with E-state index >= 15 is 0 Å². The van der Waals surface area contributed by atoms with Gasteiger partial charge >= 0.3 is 5.97 Å². The van der Waals surface area contributed by atoms with Crippen molar-refractivity contribution >= 4 is 41.5 Å². The zero-order chi connectivity index (χ0) is 28.7. The Hall–Kier alpha value is -3.95. The van der Waals surface area contributed by atoms with Crippen molar-refractivity contribution in [3.8, 4) is 0 Å². The number of guanidine groups is 1. The molecule has 0 fully saturated rings. The van der Waals surface area contributed by atoms with Gasteiger partial charge in [-0.2, -0.15) is 0 Å². The standard InChI is InChI=1S/C21H39N9O7/c1-3-10(2)16(30-17(33)11(22)6-7-14(23)31)19(35)28-12(5-4-8-27-21(25)26)18(34)29-13(20(36)37)9-15(24)32/h10-13,16H,3-9,22H2,1-2H3,(H2,23,31)(H2,24,32)(H,28,35)(H,29,34)(H,30,33)(H,36,37)(H4,25,26,27). The number of amides is 5. The molecule has 5 atom stereocenters. The summed E-state index contributed by atoms with van der Waals surface area (Å²) in [5.41, 5.74) is 26.5. The van der Waals surface area contributed by atoms with Gasteiger partial charge in [0, 0.05) is 13.0 Å². The van der Waals surface area contributed by atoms with Gasteiger partial charge in [0.2, 0.25) is 29.5 Å². The third-order valence-corrected chi connectivity index (χ3v) is 5.43. The van der Waals surface area contributed by atoms with Crippen molar-refractivity contribution in [1.29, 1.82) is 0 Å². The summed E-state index contributed by atoms with van der Waals surface area (Å²) in [5.74, 6) is -5.95. The molecule has 0 bridgehead atoms. The molecule has 0 aromatic heterocycles. The minimum absolute atomic E-state index is 0.00341. The second kappa shape index (κ2) is 16.7. The quantitative estimate of drug-likeness (QED) is 0.0472. The number of carboxylic acids is 1. The lowest BCUT2D eigenvalue weighted by atomic mass is 9.96. The Bertz CT molecular complexity index is 861. The molecule has 0 spiro atoms. The summed E-state index contributed by atoms with van der Waals surface area (Å²) >= 11 is 0. The van der Waals surface area contributed by atoms with Crippen LogP contribution in [0.15, 0.2) is 4.99 Å². The van der Waals surface area contributed by atoms with Gasteiger partial charge in [-0.1, -0.05) is 20.3 Å². The van der Waals surface area contributed by atoms with E-state index in [-0.39, 0.29) is 44.1 Å². The number of carboxylic acid groups (broad SMARTS) is 1. The third kappa shape index (κ3) is 13.6. The van der Waals surface area contributed by atoms with Crippen molar-refractivity contribution in [2.24, 2.45) is 39.6 Å². The van der Waals surface area contributed by atoms with Crippen molar-refractivity contribution in [2.45, 2.75) is 76.5 Å². The molecule has 16 heteroatoms. The lowest BCUT2D eigenvalue weighted by molar-refractivity contribution is -0.144. The lowest BCUT2D eigenvalue weighted by Gasteiger charge is -2.28. The summed E-state index contributed by atoms with van der Waals surface area (Å²) in [7, 11) is 0. The smallest absolute Gasteiger partial charge is 0.326 e. The molecule has 16 nitrogen and oxygen atoms in total. The molecule has 0 rings (SSSR count). The number of nitrogens with one attached hydrogen (secondary N) is 3. The van der Waals surface area contributed by atoms with E-state index in [2.05, 4.69) is 20.9 Å². The van der Waals surface area contributed by atoms with Gasteiger partial charge in [0.05, 0.1) is 12.5 Å². The van der Waals surface area contributed by atoms with Crippen molar-refractivity contribution in [3.63, 3.8) is 0 Å². The first-order chi connectivity index (χ1) is 17.2. The predicted octanol–water partition coefficient (Wildman–Crippen LogP) is -3.91. The number of aliphatic carboxylic acids is 1.